The minimum atomic E-state index is -0.968. The second kappa shape index (κ2) is 18.2. The van der Waals surface area contributed by atoms with Crippen molar-refractivity contribution in [3.63, 3.8) is 0 Å². The predicted molar refractivity (Wildman–Crippen MR) is 156 cm³/mol. The van der Waals surface area contributed by atoms with Crippen molar-refractivity contribution in [2.75, 3.05) is 14.2 Å². The minimum Gasteiger partial charge on any atom is -0.490 e. The molecule has 0 aromatic heterocycles. The van der Waals surface area contributed by atoms with E-state index >= 15 is 0 Å². The number of esters is 1. The van der Waals surface area contributed by atoms with Gasteiger partial charge in [-0.2, -0.15) is 0 Å². The van der Waals surface area contributed by atoms with E-state index in [1.165, 1.54) is 26.4 Å². The van der Waals surface area contributed by atoms with Crippen LogP contribution < -0.4 is 10.1 Å². The Morgan fingerprint density at radius 3 is 2.61 bits per heavy atom. The lowest BCUT2D eigenvalue weighted by Gasteiger charge is -2.17. The summed E-state index contributed by atoms with van der Waals surface area (Å²) in [5.74, 6) is -0.315. The molecular weight excluding hydrogens is 528 g/mol. The van der Waals surface area contributed by atoms with Crippen molar-refractivity contribution in [2.45, 2.75) is 103 Å². The fourth-order valence-corrected chi connectivity index (χ4v) is 5.36. The van der Waals surface area contributed by atoms with Gasteiger partial charge in [-0.15, -0.1) is 0 Å². The van der Waals surface area contributed by atoms with Crippen LogP contribution in [0.5, 0.6) is 5.75 Å². The number of nitro benzene ring substituents is 1. The molecule has 0 bridgehead atoms. The highest BCUT2D eigenvalue weighted by Gasteiger charge is 2.32. The number of Topliss-reactive ketones (excluding diaryl/α,β-unsaturated/α-hetero) is 1. The summed E-state index contributed by atoms with van der Waals surface area (Å²) < 4.78 is 9.84. The third kappa shape index (κ3) is 11.6. The molecule has 1 aromatic rings. The summed E-state index contributed by atoms with van der Waals surface area (Å²) >= 11 is 0. The minimum absolute atomic E-state index is 0.00647. The van der Waals surface area contributed by atoms with Gasteiger partial charge in [0.2, 0.25) is 5.91 Å². The molecule has 2 rings (SSSR count). The van der Waals surface area contributed by atoms with E-state index in [1.54, 1.807) is 6.07 Å². The quantitative estimate of drug-likeness (QED) is 0.0750. The fourth-order valence-electron chi connectivity index (χ4n) is 5.36. The van der Waals surface area contributed by atoms with Gasteiger partial charge in [0.15, 0.2) is 5.75 Å². The molecule has 0 spiro atoms. The summed E-state index contributed by atoms with van der Waals surface area (Å²) in [5, 5.41) is 24.2. The van der Waals surface area contributed by atoms with Crippen LogP contribution in [-0.2, 0) is 25.5 Å². The number of allylic oxidation sites excluding steroid dienone is 1. The number of aliphatic hydroxyl groups excluding tert-OH is 1. The Morgan fingerprint density at radius 2 is 1.93 bits per heavy atom. The van der Waals surface area contributed by atoms with Crippen molar-refractivity contribution in [3.05, 3.63) is 46.0 Å². The number of benzene rings is 1. The number of hydrogen-bond donors (Lipinski definition) is 2. The first-order valence-corrected chi connectivity index (χ1v) is 14.8. The van der Waals surface area contributed by atoms with Crippen molar-refractivity contribution in [1.29, 1.82) is 0 Å². The number of hydrogen-bond acceptors (Lipinski definition) is 8. The average Bonchev–Trinajstić information content (AvgIpc) is 3.31. The topological polar surface area (TPSA) is 145 Å². The second-order valence-corrected chi connectivity index (χ2v) is 10.8. The summed E-state index contributed by atoms with van der Waals surface area (Å²) in [5.41, 5.74) is 0.274. The number of carbonyl (C=O) groups is 3. The molecule has 1 saturated carbocycles. The first-order chi connectivity index (χ1) is 19.7. The van der Waals surface area contributed by atoms with Crippen LogP contribution in [0, 0.1) is 22.0 Å². The van der Waals surface area contributed by atoms with Crippen molar-refractivity contribution < 1.29 is 33.9 Å². The van der Waals surface area contributed by atoms with Gasteiger partial charge < -0.3 is 19.9 Å². The number of nitrogens with zero attached hydrogens (tertiary/aromatic N) is 1. The monoisotopic (exact) mass is 574 g/mol. The molecule has 0 saturated heterocycles. The molecule has 1 fully saturated rings. The van der Waals surface area contributed by atoms with Gasteiger partial charge in [0.05, 0.1) is 25.2 Å². The first kappa shape index (κ1) is 33.9. The van der Waals surface area contributed by atoms with Crippen LogP contribution in [0.3, 0.4) is 0 Å². The molecule has 1 aromatic carbocycles. The molecule has 0 heterocycles. The van der Waals surface area contributed by atoms with E-state index < -0.39 is 23.0 Å². The molecule has 10 nitrogen and oxygen atoms in total. The number of methoxy groups -OCH3 is 2. The highest BCUT2D eigenvalue weighted by molar-refractivity contribution is 5.85. The molecule has 4 atom stereocenters. The van der Waals surface area contributed by atoms with Crippen LogP contribution in [0.25, 0.3) is 0 Å². The second-order valence-electron chi connectivity index (χ2n) is 10.8. The molecule has 2 N–H and O–H groups in total. The van der Waals surface area contributed by atoms with Crippen LogP contribution >= 0.6 is 0 Å². The number of amides is 1. The molecule has 41 heavy (non-hydrogen) atoms. The average molecular weight is 575 g/mol. The highest BCUT2D eigenvalue weighted by Crippen LogP contribution is 2.34. The number of carbonyl (C=O) groups excluding carboxylic acids is 3. The number of unbranched alkanes of at least 4 members (excludes halogenated alkanes) is 5. The van der Waals surface area contributed by atoms with E-state index in [0.717, 1.165) is 57.8 Å². The maximum atomic E-state index is 12.6. The number of rotatable bonds is 19. The number of aliphatic hydroxyl groups is 1. The van der Waals surface area contributed by atoms with Gasteiger partial charge in [0.25, 0.3) is 0 Å². The Morgan fingerprint density at radius 1 is 1.17 bits per heavy atom. The molecule has 0 aliphatic heterocycles. The van der Waals surface area contributed by atoms with Crippen LogP contribution in [0.15, 0.2) is 30.4 Å². The normalized spacial score (nSPS) is 18.3. The maximum Gasteiger partial charge on any atom is 0.328 e. The van der Waals surface area contributed by atoms with Crippen LogP contribution in [0.1, 0.15) is 89.5 Å². The highest BCUT2D eigenvalue weighted by atomic mass is 16.6. The SMILES string of the molecule is CCCCC[C@H](O)/C=C/[C@@H]1CCC(=O)[C@H]1CCCCCCC(=O)N[C@@H](Cc1ccc(OC)c([N+](=O)[O-])c1)C(=O)OC. The molecule has 1 aliphatic rings. The van der Waals surface area contributed by atoms with Crippen molar-refractivity contribution in [2.24, 2.45) is 11.8 Å². The van der Waals surface area contributed by atoms with Gasteiger partial charge in [-0.3, -0.25) is 19.7 Å². The predicted octanol–water partition coefficient (Wildman–Crippen LogP) is 5.24. The lowest BCUT2D eigenvalue weighted by Crippen LogP contribution is -2.43. The zero-order valence-electron chi connectivity index (χ0n) is 24.6. The third-order valence-corrected chi connectivity index (χ3v) is 7.71. The Hall–Kier alpha value is -3.27. The molecule has 1 aliphatic carbocycles. The van der Waals surface area contributed by atoms with Gasteiger partial charge in [-0.1, -0.05) is 63.7 Å². The lowest BCUT2D eigenvalue weighted by atomic mass is 9.89. The van der Waals surface area contributed by atoms with Crippen molar-refractivity contribution in [1.82, 2.24) is 5.32 Å². The van der Waals surface area contributed by atoms with Gasteiger partial charge in [0.1, 0.15) is 11.8 Å². The fraction of sp³-hybridized carbons (Fsp3) is 0.645. The Balaban J connectivity index is 1.76. The van der Waals surface area contributed by atoms with Gasteiger partial charge >= 0.3 is 11.7 Å². The van der Waals surface area contributed by atoms with E-state index in [9.17, 15) is 29.6 Å². The number of ether oxygens (including phenoxy) is 2. The summed E-state index contributed by atoms with van der Waals surface area (Å²) in [6.07, 6.45) is 13.2. The Labute approximate surface area is 243 Å². The van der Waals surface area contributed by atoms with Gasteiger partial charge in [-0.05, 0) is 43.2 Å². The number of nitrogens with one attached hydrogen (secondary N) is 1. The first-order valence-electron chi connectivity index (χ1n) is 14.8. The standard InChI is InChI=1S/C31H46N2O8/c1-4-5-8-11-24(34)17-15-23-16-18-28(35)25(23)12-9-6-7-10-13-30(36)32-26(31(37)41-3)20-22-14-19-29(40-2)27(21-22)33(38)39/h14-15,17,19,21,23-26,34H,4-13,16,18,20H2,1-3H3,(H,32,36)/b17-15+/t23-,24+,25+,26+/m1/s1. The zero-order chi connectivity index (χ0) is 30.2. The molecule has 228 valence electrons. The van der Waals surface area contributed by atoms with Gasteiger partial charge in [0, 0.05) is 31.2 Å². The molecule has 1 amide bonds. The molecule has 10 heteroatoms. The van der Waals surface area contributed by atoms with Crippen LogP contribution in [-0.4, -0.2) is 54.1 Å². The van der Waals surface area contributed by atoms with E-state index in [0.29, 0.717) is 24.2 Å². The summed E-state index contributed by atoms with van der Waals surface area (Å²) in [7, 11) is 2.56. The summed E-state index contributed by atoms with van der Waals surface area (Å²) in [6, 6.07) is 3.42. The number of nitro groups is 1. The lowest BCUT2D eigenvalue weighted by molar-refractivity contribution is -0.385. The van der Waals surface area contributed by atoms with Crippen LogP contribution in [0.4, 0.5) is 5.69 Å². The van der Waals surface area contributed by atoms with E-state index in [2.05, 4.69) is 12.2 Å². The van der Waals surface area contributed by atoms with Crippen molar-refractivity contribution in [3.8, 4) is 5.75 Å². The van der Waals surface area contributed by atoms with Crippen LogP contribution in [0.2, 0.25) is 0 Å². The molecule has 0 unspecified atom stereocenters. The summed E-state index contributed by atoms with van der Waals surface area (Å²) in [4.78, 5) is 48.0. The van der Waals surface area contributed by atoms with E-state index in [-0.39, 0.29) is 42.0 Å². The Bertz CT molecular complexity index is 1040. The summed E-state index contributed by atoms with van der Waals surface area (Å²) in [6.45, 7) is 2.13. The Kier molecular flexibility index (Phi) is 15.1. The smallest absolute Gasteiger partial charge is 0.328 e. The molecular formula is C31H46N2O8. The maximum absolute atomic E-state index is 12.6. The van der Waals surface area contributed by atoms with Gasteiger partial charge in [-0.25, -0.2) is 4.79 Å². The van der Waals surface area contributed by atoms with E-state index in [4.69, 9.17) is 9.47 Å². The van der Waals surface area contributed by atoms with Crippen molar-refractivity contribution >= 4 is 23.3 Å². The zero-order valence-corrected chi connectivity index (χ0v) is 24.6. The molecule has 0 radical (unpaired) electrons. The third-order valence-electron chi connectivity index (χ3n) is 7.71. The largest absolute Gasteiger partial charge is 0.490 e. The number of ketones is 1. The van der Waals surface area contributed by atoms with E-state index in [1.807, 2.05) is 12.2 Å².